The molecule has 1 N–H and O–H groups in total. The van der Waals surface area contributed by atoms with Gasteiger partial charge >= 0.3 is 0 Å². The van der Waals surface area contributed by atoms with Crippen LogP contribution in [0.4, 0.5) is 10.2 Å². The molecule has 3 aromatic rings. The van der Waals surface area contributed by atoms with Gasteiger partial charge in [0.2, 0.25) is 15.9 Å². The molecule has 158 valence electrons. The van der Waals surface area contributed by atoms with E-state index in [-0.39, 0.29) is 23.8 Å². The summed E-state index contributed by atoms with van der Waals surface area (Å²) in [6, 6.07) is 11.9. The number of rotatable bonds is 9. The van der Waals surface area contributed by atoms with Gasteiger partial charge in [0.1, 0.15) is 5.82 Å². The molecule has 3 rings (SSSR count). The van der Waals surface area contributed by atoms with E-state index < -0.39 is 15.8 Å². The minimum atomic E-state index is -3.73. The van der Waals surface area contributed by atoms with Crippen LogP contribution in [0.1, 0.15) is 18.5 Å². The fourth-order valence-corrected chi connectivity index (χ4v) is 3.96. The summed E-state index contributed by atoms with van der Waals surface area (Å²) in [7, 11) is -2.30. The maximum atomic E-state index is 13.0. The van der Waals surface area contributed by atoms with Gasteiger partial charge in [-0.2, -0.15) is 5.10 Å². The van der Waals surface area contributed by atoms with E-state index in [1.165, 1.54) is 19.2 Å². The van der Waals surface area contributed by atoms with Crippen molar-refractivity contribution in [3.05, 3.63) is 72.4 Å². The van der Waals surface area contributed by atoms with Crippen molar-refractivity contribution >= 4 is 21.7 Å². The second kappa shape index (κ2) is 9.59. The van der Waals surface area contributed by atoms with Crippen molar-refractivity contribution in [1.82, 2.24) is 19.1 Å². The zero-order valence-electron chi connectivity index (χ0n) is 16.4. The van der Waals surface area contributed by atoms with Crippen LogP contribution in [0.15, 0.2) is 65.8 Å². The van der Waals surface area contributed by atoms with Crippen LogP contribution >= 0.6 is 0 Å². The molecule has 30 heavy (non-hydrogen) atoms. The number of sulfonamides is 1. The molecule has 10 heteroatoms. The lowest BCUT2D eigenvalue weighted by molar-refractivity contribution is -0.116. The third kappa shape index (κ3) is 5.71. The molecule has 1 amide bonds. The number of nitrogens with zero attached hydrogens (tertiary/aromatic N) is 4. The molecule has 0 aliphatic rings. The lowest BCUT2D eigenvalue weighted by atomic mass is 10.3. The molecule has 0 saturated heterocycles. The SMILES string of the molecule is CN(CCCC(=O)Nc1ccn(Cc2ccccn2)n1)S(=O)(=O)c1ccc(F)cc1. The molecule has 0 spiro atoms. The minimum Gasteiger partial charge on any atom is -0.309 e. The van der Waals surface area contributed by atoms with Crippen molar-refractivity contribution in [2.24, 2.45) is 0 Å². The molecule has 2 heterocycles. The molecule has 8 nitrogen and oxygen atoms in total. The third-order valence-electron chi connectivity index (χ3n) is 4.36. The lowest BCUT2D eigenvalue weighted by Gasteiger charge is -2.17. The fourth-order valence-electron chi connectivity index (χ4n) is 2.75. The summed E-state index contributed by atoms with van der Waals surface area (Å²) in [6.07, 6.45) is 3.91. The first-order valence-electron chi connectivity index (χ1n) is 9.30. The molecule has 0 unspecified atom stereocenters. The molecule has 0 saturated carbocycles. The first-order chi connectivity index (χ1) is 14.3. The summed E-state index contributed by atoms with van der Waals surface area (Å²) < 4.78 is 40.7. The number of halogens is 1. The summed E-state index contributed by atoms with van der Waals surface area (Å²) in [6.45, 7) is 0.643. The largest absolute Gasteiger partial charge is 0.309 e. The van der Waals surface area contributed by atoms with E-state index in [0.29, 0.717) is 18.8 Å². The smallest absolute Gasteiger partial charge is 0.242 e. The highest BCUT2D eigenvalue weighted by Gasteiger charge is 2.20. The summed E-state index contributed by atoms with van der Waals surface area (Å²) in [5.41, 5.74) is 0.851. The average Bonchev–Trinajstić information content (AvgIpc) is 3.15. The zero-order valence-corrected chi connectivity index (χ0v) is 17.2. The highest BCUT2D eigenvalue weighted by molar-refractivity contribution is 7.89. The van der Waals surface area contributed by atoms with Crippen LogP contribution < -0.4 is 5.32 Å². The number of benzene rings is 1. The van der Waals surface area contributed by atoms with Crippen LogP contribution in [0.2, 0.25) is 0 Å². The van der Waals surface area contributed by atoms with Crippen LogP contribution in [-0.2, 0) is 21.4 Å². The topological polar surface area (TPSA) is 97.2 Å². The van der Waals surface area contributed by atoms with Gasteiger partial charge in [-0.1, -0.05) is 6.07 Å². The molecule has 0 aliphatic carbocycles. The Kier molecular flexibility index (Phi) is 6.91. The van der Waals surface area contributed by atoms with Gasteiger partial charge in [0.15, 0.2) is 5.82 Å². The van der Waals surface area contributed by atoms with Crippen molar-refractivity contribution in [1.29, 1.82) is 0 Å². The molecule has 0 fully saturated rings. The standard InChI is InChI=1S/C20H22FN5O3S/c1-25(30(28,29)18-9-7-16(21)8-10-18)13-4-6-20(27)23-19-11-14-26(24-19)15-17-5-2-3-12-22-17/h2-3,5,7-12,14H,4,6,13,15H2,1H3,(H,23,24,27). The highest BCUT2D eigenvalue weighted by Crippen LogP contribution is 2.15. The van der Waals surface area contributed by atoms with Crippen LogP contribution in [0.25, 0.3) is 0 Å². The first-order valence-corrected chi connectivity index (χ1v) is 10.7. The van der Waals surface area contributed by atoms with Crippen LogP contribution in [0.3, 0.4) is 0 Å². The second-order valence-corrected chi connectivity index (χ2v) is 8.70. The van der Waals surface area contributed by atoms with Crippen molar-refractivity contribution in [3.63, 3.8) is 0 Å². The quantitative estimate of drug-likeness (QED) is 0.561. The van der Waals surface area contributed by atoms with E-state index in [2.05, 4.69) is 15.4 Å². The van der Waals surface area contributed by atoms with E-state index in [4.69, 9.17) is 0 Å². The number of anilines is 1. The van der Waals surface area contributed by atoms with E-state index >= 15 is 0 Å². The summed E-state index contributed by atoms with van der Waals surface area (Å²) in [5.74, 6) is -0.343. The molecular weight excluding hydrogens is 409 g/mol. The lowest BCUT2D eigenvalue weighted by Crippen LogP contribution is -2.28. The Bertz CT molecular complexity index is 1090. The van der Waals surface area contributed by atoms with Crippen molar-refractivity contribution in [2.45, 2.75) is 24.3 Å². The Hall–Kier alpha value is -3.11. The molecule has 0 atom stereocenters. The number of hydrogen-bond donors (Lipinski definition) is 1. The normalized spacial score (nSPS) is 11.6. The Morgan fingerprint density at radius 1 is 1.17 bits per heavy atom. The van der Waals surface area contributed by atoms with Gasteiger partial charge in [0, 0.05) is 38.5 Å². The van der Waals surface area contributed by atoms with Gasteiger partial charge in [-0.05, 0) is 42.8 Å². The van der Waals surface area contributed by atoms with Crippen molar-refractivity contribution in [2.75, 3.05) is 18.9 Å². The number of hydrogen-bond acceptors (Lipinski definition) is 5. The number of pyridine rings is 1. The number of carbonyl (C=O) groups excluding carboxylic acids is 1. The maximum Gasteiger partial charge on any atom is 0.242 e. The maximum absolute atomic E-state index is 13.0. The number of amides is 1. The molecular formula is C20H22FN5O3S. The van der Waals surface area contributed by atoms with Gasteiger partial charge in [0.25, 0.3) is 0 Å². The Morgan fingerprint density at radius 3 is 2.63 bits per heavy atom. The van der Waals surface area contributed by atoms with E-state index in [1.54, 1.807) is 23.1 Å². The minimum absolute atomic E-state index is 0.00861. The van der Waals surface area contributed by atoms with Gasteiger partial charge in [-0.25, -0.2) is 17.1 Å². The van der Waals surface area contributed by atoms with Crippen molar-refractivity contribution < 1.29 is 17.6 Å². The Morgan fingerprint density at radius 2 is 1.93 bits per heavy atom. The molecule has 1 aromatic carbocycles. The molecule has 0 bridgehead atoms. The summed E-state index contributed by atoms with van der Waals surface area (Å²) >= 11 is 0. The average molecular weight is 431 g/mol. The van der Waals surface area contributed by atoms with Gasteiger partial charge < -0.3 is 5.32 Å². The number of nitrogens with one attached hydrogen (secondary N) is 1. The fraction of sp³-hybridized carbons (Fsp3) is 0.250. The predicted octanol–water partition coefficient (Wildman–Crippen LogP) is 2.50. The van der Waals surface area contributed by atoms with Crippen molar-refractivity contribution in [3.8, 4) is 0 Å². The third-order valence-corrected chi connectivity index (χ3v) is 6.23. The number of carbonyl (C=O) groups is 1. The monoisotopic (exact) mass is 431 g/mol. The summed E-state index contributed by atoms with van der Waals surface area (Å²) in [5, 5.41) is 6.98. The second-order valence-electron chi connectivity index (χ2n) is 6.65. The highest BCUT2D eigenvalue weighted by atomic mass is 32.2. The van der Waals surface area contributed by atoms with E-state index in [0.717, 1.165) is 22.1 Å². The Labute approximate surface area is 174 Å². The van der Waals surface area contributed by atoms with Crippen LogP contribution in [-0.4, -0.2) is 47.0 Å². The predicted molar refractivity (Wildman–Crippen MR) is 110 cm³/mol. The van der Waals surface area contributed by atoms with Crippen LogP contribution in [0, 0.1) is 5.82 Å². The van der Waals surface area contributed by atoms with Crippen LogP contribution in [0.5, 0.6) is 0 Å². The molecule has 0 radical (unpaired) electrons. The van der Waals surface area contributed by atoms with E-state index in [9.17, 15) is 17.6 Å². The number of aromatic nitrogens is 3. The van der Waals surface area contributed by atoms with E-state index in [1.807, 2.05) is 18.2 Å². The van der Waals surface area contributed by atoms with Gasteiger partial charge in [0.05, 0.1) is 17.1 Å². The molecule has 2 aromatic heterocycles. The van der Waals surface area contributed by atoms with Gasteiger partial charge in [-0.15, -0.1) is 0 Å². The van der Waals surface area contributed by atoms with Gasteiger partial charge in [-0.3, -0.25) is 14.5 Å². The summed E-state index contributed by atoms with van der Waals surface area (Å²) in [4.78, 5) is 16.4. The zero-order chi connectivity index (χ0) is 21.6. The molecule has 0 aliphatic heterocycles. The Balaban J connectivity index is 1.46. The first kappa shape index (κ1) is 21.6.